The van der Waals surface area contributed by atoms with Crippen LogP contribution in [0, 0.1) is 10.8 Å². The van der Waals surface area contributed by atoms with Crippen molar-refractivity contribution in [1.82, 2.24) is 0 Å². The van der Waals surface area contributed by atoms with Gasteiger partial charge in [0.2, 0.25) is 0 Å². The van der Waals surface area contributed by atoms with Gasteiger partial charge in [-0.2, -0.15) is 0 Å². The Kier molecular flexibility index (Phi) is 3.68. The topological polar surface area (TPSA) is 113 Å². The van der Waals surface area contributed by atoms with Crippen LogP contribution in [-0.2, 0) is 0 Å². The summed E-state index contributed by atoms with van der Waals surface area (Å²) in [6, 6.07) is 16.6. The summed E-state index contributed by atoms with van der Waals surface area (Å²) >= 11 is 0. The normalized spacial score (nSPS) is 10.4. The number of hydrogen-bond acceptors (Lipinski definition) is 3. The van der Waals surface area contributed by atoms with Crippen molar-refractivity contribution in [2.45, 2.75) is 0 Å². The molecule has 5 nitrogen and oxygen atoms in total. The largest absolute Gasteiger partial charge is 0.464 e. The van der Waals surface area contributed by atoms with Crippen LogP contribution in [0.1, 0.15) is 11.1 Å². The number of amidine groups is 2. The predicted octanol–water partition coefficient (Wildman–Crippen LogP) is 3.18. The third-order valence-electron chi connectivity index (χ3n) is 3.61. The number of hydrogen-bond donors (Lipinski definition) is 4. The second-order valence-corrected chi connectivity index (χ2v) is 5.12. The highest BCUT2D eigenvalue weighted by Gasteiger charge is 2.14. The molecule has 1 aromatic heterocycles. The predicted molar refractivity (Wildman–Crippen MR) is 91.6 cm³/mol. The van der Waals surface area contributed by atoms with Crippen molar-refractivity contribution >= 4 is 11.7 Å². The zero-order valence-electron chi connectivity index (χ0n) is 12.3. The van der Waals surface area contributed by atoms with Crippen molar-refractivity contribution < 1.29 is 4.42 Å². The van der Waals surface area contributed by atoms with Crippen LogP contribution in [0.5, 0.6) is 0 Å². The number of benzene rings is 2. The van der Waals surface area contributed by atoms with Crippen molar-refractivity contribution in [1.29, 1.82) is 10.8 Å². The molecule has 6 N–H and O–H groups in total. The van der Waals surface area contributed by atoms with E-state index in [1.54, 1.807) is 18.4 Å². The first-order chi connectivity index (χ1) is 11.1. The SMILES string of the molecule is N=C(N)c1ccccc1-c1coc(-c2ccccc2C(=N)N)c1. The van der Waals surface area contributed by atoms with Gasteiger partial charge in [0.15, 0.2) is 0 Å². The van der Waals surface area contributed by atoms with Crippen LogP contribution in [0.4, 0.5) is 0 Å². The molecule has 0 unspecified atom stereocenters. The van der Waals surface area contributed by atoms with E-state index in [9.17, 15) is 0 Å². The molecule has 0 aliphatic rings. The molecule has 0 fully saturated rings. The second kappa shape index (κ2) is 5.81. The first-order valence-electron chi connectivity index (χ1n) is 7.04. The summed E-state index contributed by atoms with van der Waals surface area (Å²) in [6.07, 6.45) is 1.62. The van der Waals surface area contributed by atoms with E-state index in [4.69, 9.17) is 26.7 Å². The van der Waals surface area contributed by atoms with Crippen LogP contribution in [0.25, 0.3) is 22.5 Å². The van der Waals surface area contributed by atoms with Gasteiger partial charge in [0, 0.05) is 22.3 Å². The summed E-state index contributed by atoms with van der Waals surface area (Å²) in [5, 5.41) is 15.4. The Bertz CT molecular complexity index is 823. The molecule has 0 saturated heterocycles. The van der Waals surface area contributed by atoms with Crippen molar-refractivity contribution in [3.63, 3.8) is 0 Å². The van der Waals surface area contributed by atoms with E-state index >= 15 is 0 Å². The summed E-state index contributed by atoms with van der Waals surface area (Å²) < 4.78 is 5.67. The van der Waals surface area contributed by atoms with Gasteiger partial charge in [0.25, 0.3) is 0 Å². The Morgan fingerprint density at radius 3 is 1.91 bits per heavy atom. The highest BCUT2D eigenvalue weighted by Crippen LogP contribution is 2.31. The monoisotopic (exact) mass is 304 g/mol. The Balaban J connectivity index is 2.09. The van der Waals surface area contributed by atoms with Crippen LogP contribution in [-0.4, -0.2) is 11.7 Å². The summed E-state index contributed by atoms with van der Waals surface area (Å²) in [4.78, 5) is 0. The quantitative estimate of drug-likeness (QED) is 0.438. The van der Waals surface area contributed by atoms with Crippen molar-refractivity contribution in [2.24, 2.45) is 11.5 Å². The van der Waals surface area contributed by atoms with E-state index in [1.807, 2.05) is 42.5 Å². The third kappa shape index (κ3) is 2.72. The van der Waals surface area contributed by atoms with Gasteiger partial charge in [-0.3, -0.25) is 10.8 Å². The lowest BCUT2D eigenvalue weighted by molar-refractivity contribution is 0.583. The molecule has 3 aromatic rings. The summed E-state index contributed by atoms with van der Waals surface area (Å²) in [5.74, 6) is 0.610. The van der Waals surface area contributed by atoms with Gasteiger partial charge >= 0.3 is 0 Å². The Morgan fingerprint density at radius 2 is 1.30 bits per heavy atom. The minimum Gasteiger partial charge on any atom is -0.464 e. The van der Waals surface area contributed by atoms with Gasteiger partial charge in [-0.1, -0.05) is 48.5 Å². The molecule has 0 aliphatic heterocycles. The number of nitrogens with one attached hydrogen (secondary N) is 2. The minimum atomic E-state index is -0.0114. The van der Waals surface area contributed by atoms with Crippen LogP contribution in [0.15, 0.2) is 65.3 Å². The third-order valence-corrected chi connectivity index (χ3v) is 3.61. The fourth-order valence-electron chi connectivity index (χ4n) is 2.52. The first kappa shape index (κ1) is 14.6. The summed E-state index contributed by atoms with van der Waals surface area (Å²) in [5.41, 5.74) is 15.0. The maximum absolute atomic E-state index is 7.69. The Morgan fingerprint density at radius 1 is 0.783 bits per heavy atom. The molecule has 5 heteroatoms. The standard InChI is InChI=1S/C18H16N4O/c19-17(20)14-7-3-1-5-12(14)11-9-16(23-10-11)13-6-2-4-8-15(13)18(21)22/h1-10H,(H3,19,20)(H3,21,22). The smallest absolute Gasteiger partial charge is 0.135 e. The van der Waals surface area contributed by atoms with Gasteiger partial charge in [0.05, 0.1) is 6.26 Å². The molecule has 0 radical (unpaired) electrons. The van der Waals surface area contributed by atoms with E-state index in [-0.39, 0.29) is 11.7 Å². The van der Waals surface area contributed by atoms with Crippen molar-refractivity contribution in [2.75, 3.05) is 0 Å². The highest BCUT2D eigenvalue weighted by atomic mass is 16.3. The molecule has 0 spiro atoms. The lowest BCUT2D eigenvalue weighted by atomic mass is 9.99. The molecule has 1 heterocycles. The van der Waals surface area contributed by atoms with Crippen molar-refractivity contribution in [3.8, 4) is 22.5 Å². The summed E-state index contributed by atoms with van der Waals surface area (Å²) in [7, 11) is 0. The Hall–Kier alpha value is -3.34. The van der Waals surface area contributed by atoms with Gasteiger partial charge in [0.1, 0.15) is 17.4 Å². The Labute approximate surface area is 133 Å². The van der Waals surface area contributed by atoms with Crippen LogP contribution < -0.4 is 11.5 Å². The fraction of sp³-hybridized carbons (Fsp3) is 0. The van der Waals surface area contributed by atoms with E-state index in [0.29, 0.717) is 16.9 Å². The maximum atomic E-state index is 7.69. The highest BCUT2D eigenvalue weighted by molar-refractivity contribution is 6.03. The van der Waals surface area contributed by atoms with Crippen LogP contribution in [0.2, 0.25) is 0 Å². The van der Waals surface area contributed by atoms with E-state index in [2.05, 4.69) is 0 Å². The number of nitrogens with two attached hydrogens (primary N) is 2. The zero-order chi connectivity index (χ0) is 16.4. The molecule has 0 aliphatic carbocycles. The molecule has 0 saturated carbocycles. The molecule has 3 rings (SSSR count). The van der Waals surface area contributed by atoms with E-state index in [1.165, 1.54) is 0 Å². The molecule has 23 heavy (non-hydrogen) atoms. The van der Waals surface area contributed by atoms with Gasteiger partial charge in [-0.15, -0.1) is 0 Å². The van der Waals surface area contributed by atoms with Crippen LogP contribution in [0.3, 0.4) is 0 Å². The molecule has 0 bridgehead atoms. The van der Waals surface area contributed by atoms with Gasteiger partial charge in [-0.25, -0.2) is 0 Å². The lowest BCUT2D eigenvalue weighted by Gasteiger charge is -2.05. The minimum absolute atomic E-state index is 0.00693. The maximum Gasteiger partial charge on any atom is 0.135 e. The molecule has 114 valence electrons. The molecule has 0 atom stereocenters. The van der Waals surface area contributed by atoms with Gasteiger partial charge in [-0.05, 0) is 11.6 Å². The number of furan rings is 1. The average Bonchev–Trinajstić information content (AvgIpc) is 3.04. The molecular weight excluding hydrogens is 288 g/mol. The van der Waals surface area contributed by atoms with Crippen molar-refractivity contribution in [3.05, 3.63) is 72.0 Å². The number of nitrogen functional groups attached to an aromatic ring is 2. The average molecular weight is 304 g/mol. The summed E-state index contributed by atoms with van der Waals surface area (Å²) in [6.45, 7) is 0. The van der Waals surface area contributed by atoms with E-state index < -0.39 is 0 Å². The van der Waals surface area contributed by atoms with Gasteiger partial charge < -0.3 is 15.9 Å². The molecule has 0 amide bonds. The second-order valence-electron chi connectivity index (χ2n) is 5.12. The fourth-order valence-corrected chi connectivity index (χ4v) is 2.52. The zero-order valence-corrected chi connectivity index (χ0v) is 12.3. The molecule has 2 aromatic carbocycles. The first-order valence-corrected chi connectivity index (χ1v) is 7.04. The van der Waals surface area contributed by atoms with E-state index in [0.717, 1.165) is 16.7 Å². The number of rotatable bonds is 4. The van der Waals surface area contributed by atoms with Crippen LogP contribution >= 0.6 is 0 Å². The lowest BCUT2D eigenvalue weighted by Crippen LogP contribution is -2.12. The molecular formula is C18H16N4O.